The van der Waals surface area contributed by atoms with Gasteiger partial charge in [-0.05, 0) is 37.8 Å². The summed E-state index contributed by atoms with van der Waals surface area (Å²) < 4.78 is 5.83. The molecule has 146 valence electrons. The van der Waals surface area contributed by atoms with Crippen molar-refractivity contribution in [3.63, 3.8) is 0 Å². The molecule has 1 aliphatic heterocycles. The van der Waals surface area contributed by atoms with Crippen LogP contribution in [0.15, 0.2) is 24.3 Å². The molecule has 2 atom stereocenters. The fourth-order valence-corrected chi connectivity index (χ4v) is 3.85. The van der Waals surface area contributed by atoms with Gasteiger partial charge < -0.3 is 15.8 Å². The Morgan fingerprint density at radius 1 is 1.19 bits per heavy atom. The molecule has 0 spiro atoms. The van der Waals surface area contributed by atoms with E-state index >= 15 is 0 Å². The summed E-state index contributed by atoms with van der Waals surface area (Å²) in [5, 5.41) is 3.13. The molecule has 3 N–H and O–H groups in total. The molecule has 1 aromatic rings. The average molecular weight is 362 g/mol. The molecule has 1 aromatic carbocycles. The summed E-state index contributed by atoms with van der Waals surface area (Å²) in [5.74, 6) is 0.0634. The van der Waals surface area contributed by atoms with E-state index in [2.05, 4.69) is 42.3 Å². The molecule has 1 fully saturated rings. The highest BCUT2D eigenvalue weighted by molar-refractivity contribution is 5.82. The quantitative estimate of drug-likeness (QED) is 0.747. The molecular formula is C21H35N3O2. The fraction of sp³-hybridized carbons (Fsp3) is 0.667. The lowest BCUT2D eigenvalue weighted by Gasteiger charge is -2.35. The maximum absolute atomic E-state index is 12.7. The van der Waals surface area contributed by atoms with Crippen molar-refractivity contribution < 1.29 is 9.53 Å². The first-order chi connectivity index (χ1) is 12.4. The number of morpholine rings is 1. The molecule has 0 bridgehead atoms. The predicted molar refractivity (Wildman–Crippen MR) is 106 cm³/mol. The first-order valence-corrected chi connectivity index (χ1v) is 9.87. The molecule has 2 rings (SSSR count). The van der Waals surface area contributed by atoms with Crippen LogP contribution in [0.25, 0.3) is 0 Å². The van der Waals surface area contributed by atoms with Crippen molar-refractivity contribution in [1.29, 1.82) is 0 Å². The van der Waals surface area contributed by atoms with Gasteiger partial charge in [0.05, 0.1) is 17.6 Å². The van der Waals surface area contributed by atoms with Crippen LogP contribution >= 0.6 is 0 Å². The molecule has 1 amide bonds. The maximum atomic E-state index is 12.7. The van der Waals surface area contributed by atoms with E-state index in [0.717, 1.165) is 32.5 Å². The predicted octanol–water partition coefficient (Wildman–Crippen LogP) is 2.68. The number of carbonyl (C=O) groups excluding carboxylic acids is 1. The van der Waals surface area contributed by atoms with Crippen LogP contribution in [0, 0.1) is 5.41 Å². The minimum Gasteiger partial charge on any atom is -0.373 e. The van der Waals surface area contributed by atoms with E-state index in [1.54, 1.807) is 0 Å². The lowest BCUT2D eigenvalue weighted by atomic mass is 9.81. The van der Waals surface area contributed by atoms with Crippen molar-refractivity contribution in [1.82, 2.24) is 10.2 Å². The Kier molecular flexibility index (Phi) is 7.62. The van der Waals surface area contributed by atoms with Crippen LogP contribution in [0.1, 0.15) is 51.7 Å². The number of amides is 1. The van der Waals surface area contributed by atoms with E-state index in [9.17, 15) is 4.79 Å². The number of ether oxygens (including phenoxy) is 1. The van der Waals surface area contributed by atoms with Crippen molar-refractivity contribution in [2.24, 2.45) is 11.1 Å². The maximum Gasteiger partial charge on any atom is 0.227 e. The minimum atomic E-state index is -0.454. The topological polar surface area (TPSA) is 67.6 Å². The third-order valence-electron chi connectivity index (χ3n) is 5.67. The van der Waals surface area contributed by atoms with Crippen LogP contribution in [0.3, 0.4) is 0 Å². The van der Waals surface area contributed by atoms with E-state index in [4.69, 9.17) is 10.5 Å². The molecule has 0 radical (unpaired) electrons. The smallest absolute Gasteiger partial charge is 0.227 e. The second-order valence-electron chi connectivity index (χ2n) is 7.59. The molecule has 0 saturated carbocycles. The first kappa shape index (κ1) is 20.9. The lowest BCUT2D eigenvalue weighted by Crippen LogP contribution is -2.45. The Labute approximate surface area is 158 Å². The van der Waals surface area contributed by atoms with Gasteiger partial charge in [0.15, 0.2) is 0 Å². The highest BCUT2D eigenvalue weighted by atomic mass is 16.5. The Morgan fingerprint density at radius 2 is 1.77 bits per heavy atom. The number of nitrogens with two attached hydrogens (primary N) is 1. The highest BCUT2D eigenvalue weighted by Crippen LogP contribution is 2.25. The lowest BCUT2D eigenvalue weighted by molar-refractivity contribution is -0.131. The van der Waals surface area contributed by atoms with Gasteiger partial charge >= 0.3 is 0 Å². The molecule has 5 heteroatoms. The number of nitrogens with zero attached hydrogens (tertiary/aromatic N) is 1. The summed E-state index contributed by atoms with van der Waals surface area (Å²) >= 11 is 0. The van der Waals surface area contributed by atoms with Gasteiger partial charge in [0, 0.05) is 32.7 Å². The van der Waals surface area contributed by atoms with Gasteiger partial charge in [0.25, 0.3) is 0 Å². The molecule has 26 heavy (non-hydrogen) atoms. The summed E-state index contributed by atoms with van der Waals surface area (Å²) in [5.41, 5.74) is 7.88. The Balaban J connectivity index is 2.03. The second-order valence-corrected chi connectivity index (χ2v) is 7.59. The van der Waals surface area contributed by atoms with Crippen molar-refractivity contribution in [2.75, 3.05) is 19.6 Å². The molecule has 1 heterocycles. The molecule has 1 aliphatic rings. The summed E-state index contributed by atoms with van der Waals surface area (Å²) in [6.45, 7) is 12.0. The van der Waals surface area contributed by atoms with Crippen molar-refractivity contribution in [3.8, 4) is 0 Å². The number of rotatable bonds is 8. The molecule has 0 aliphatic carbocycles. The van der Waals surface area contributed by atoms with Gasteiger partial charge in [-0.15, -0.1) is 0 Å². The Morgan fingerprint density at radius 3 is 2.31 bits per heavy atom. The summed E-state index contributed by atoms with van der Waals surface area (Å²) in [6.07, 6.45) is 2.03. The summed E-state index contributed by atoms with van der Waals surface area (Å²) in [4.78, 5) is 15.1. The van der Waals surface area contributed by atoms with Gasteiger partial charge in [-0.3, -0.25) is 9.69 Å². The van der Waals surface area contributed by atoms with Crippen molar-refractivity contribution in [2.45, 2.75) is 65.8 Å². The first-order valence-electron chi connectivity index (χ1n) is 9.87. The minimum absolute atomic E-state index is 0.0634. The van der Waals surface area contributed by atoms with Crippen LogP contribution in [-0.4, -0.2) is 42.6 Å². The van der Waals surface area contributed by atoms with Gasteiger partial charge in [-0.1, -0.05) is 38.1 Å². The van der Waals surface area contributed by atoms with Crippen LogP contribution in [-0.2, 0) is 22.6 Å². The third kappa shape index (κ3) is 5.06. The van der Waals surface area contributed by atoms with Gasteiger partial charge in [-0.2, -0.15) is 0 Å². The number of hydrogen-bond acceptors (Lipinski definition) is 4. The van der Waals surface area contributed by atoms with E-state index < -0.39 is 5.41 Å². The number of nitrogens with one attached hydrogen (secondary N) is 1. The standard InChI is InChI=1S/C21H35N3O2/c1-5-21(6-2,15-22)20(25)23-11-18-9-7-8-10-19(18)14-24-12-16(3)26-17(4)13-24/h7-10,16-17H,5-6,11-15,22H2,1-4H3,(H,23,25). The monoisotopic (exact) mass is 361 g/mol. The molecule has 1 saturated heterocycles. The van der Waals surface area contributed by atoms with Crippen molar-refractivity contribution >= 4 is 5.91 Å². The van der Waals surface area contributed by atoms with Crippen LogP contribution in [0.2, 0.25) is 0 Å². The second kappa shape index (κ2) is 9.49. The summed E-state index contributed by atoms with van der Waals surface area (Å²) in [7, 11) is 0. The number of hydrogen-bond donors (Lipinski definition) is 2. The molecule has 2 unspecified atom stereocenters. The molecular weight excluding hydrogens is 326 g/mol. The normalized spacial score (nSPS) is 21.6. The van der Waals surface area contributed by atoms with E-state index in [1.165, 1.54) is 11.1 Å². The summed E-state index contributed by atoms with van der Waals surface area (Å²) in [6, 6.07) is 8.36. The van der Waals surface area contributed by atoms with E-state index in [1.807, 2.05) is 19.9 Å². The zero-order chi connectivity index (χ0) is 19.2. The fourth-order valence-electron chi connectivity index (χ4n) is 3.85. The van der Waals surface area contributed by atoms with Crippen LogP contribution < -0.4 is 11.1 Å². The van der Waals surface area contributed by atoms with E-state index in [-0.39, 0.29) is 18.1 Å². The molecule has 5 nitrogen and oxygen atoms in total. The third-order valence-corrected chi connectivity index (χ3v) is 5.67. The zero-order valence-electron chi connectivity index (χ0n) is 16.8. The largest absolute Gasteiger partial charge is 0.373 e. The number of carbonyl (C=O) groups is 1. The Bertz CT molecular complexity index is 568. The molecule has 0 aromatic heterocycles. The average Bonchev–Trinajstić information content (AvgIpc) is 2.62. The number of benzene rings is 1. The Hall–Kier alpha value is -1.43. The van der Waals surface area contributed by atoms with Gasteiger partial charge in [0.1, 0.15) is 0 Å². The van der Waals surface area contributed by atoms with E-state index in [0.29, 0.717) is 13.1 Å². The van der Waals surface area contributed by atoms with Crippen LogP contribution in [0.5, 0.6) is 0 Å². The SMILES string of the molecule is CCC(CC)(CN)C(=O)NCc1ccccc1CN1CC(C)OC(C)C1. The zero-order valence-corrected chi connectivity index (χ0v) is 16.8. The van der Waals surface area contributed by atoms with Crippen LogP contribution in [0.4, 0.5) is 0 Å². The van der Waals surface area contributed by atoms with Gasteiger partial charge in [-0.25, -0.2) is 0 Å². The highest BCUT2D eigenvalue weighted by Gasteiger charge is 2.33. The van der Waals surface area contributed by atoms with Gasteiger partial charge in [0.2, 0.25) is 5.91 Å². The van der Waals surface area contributed by atoms with Crippen molar-refractivity contribution in [3.05, 3.63) is 35.4 Å².